The van der Waals surface area contributed by atoms with Gasteiger partial charge in [-0.2, -0.15) is 0 Å². The molecule has 7 nitrogen and oxygen atoms in total. The predicted molar refractivity (Wildman–Crippen MR) is 112 cm³/mol. The molecule has 1 heterocycles. The van der Waals surface area contributed by atoms with E-state index in [1.807, 2.05) is 12.1 Å². The molecule has 154 valence electrons. The lowest BCUT2D eigenvalue weighted by molar-refractivity contribution is -0.127. The van der Waals surface area contributed by atoms with Crippen molar-refractivity contribution < 1.29 is 19.1 Å². The molecule has 1 aliphatic carbocycles. The summed E-state index contributed by atoms with van der Waals surface area (Å²) in [7, 11) is 0. The highest BCUT2D eigenvalue weighted by Crippen LogP contribution is 2.35. The SMILES string of the molecule is C[C@@H](/C=C/c1cnc(Oc2ccc(OCC3CC3)cc2Cl)s1)NC(=O)CC(N)=O. The second-order valence-electron chi connectivity index (χ2n) is 6.84. The maximum atomic E-state index is 11.5. The van der Waals surface area contributed by atoms with Crippen molar-refractivity contribution in [2.45, 2.75) is 32.2 Å². The van der Waals surface area contributed by atoms with E-state index >= 15 is 0 Å². The molecule has 9 heteroatoms. The third kappa shape index (κ3) is 7.07. The summed E-state index contributed by atoms with van der Waals surface area (Å²) >= 11 is 7.63. The van der Waals surface area contributed by atoms with Crippen molar-refractivity contribution >= 4 is 40.8 Å². The molecule has 1 aromatic carbocycles. The zero-order chi connectivity index (χ0) is 20.8. The molecule has 0 saturated heterocycles. The Kier molecular flexibility index (Phi) is 7.11. The molecule has 3 rings (SSSR count). The number of carbonyl (C=O) groups is 2. The first-order valence-electron chi connectivity index (χ1n) is 9.21. The van der Waals surface area contributed by atoms with Gasteiger partial charge in [0.15, 0.2) is 0 Å². The van der Waals surface area contributed by atoms with Gasteiger partial charge in [0.2, 0.25) is 11.8 Å². The Morgan fingerprint density at radius 2 is 2.24 bits per heavy atom. The summed E-state index contributed by atoms with van der Waals surface area (Å²) in [5.74, 6) is 0.823. The molecule has 0 radical (unpaired) electrons. The van der Waals surface area contributed by atoms with Gasteiger partial charge in [0.05, 0.1) is 16.5 Å². The van der Waals surface area contributed by atoms with Crippen LogP contribution in [-0.4, -0.2) is 29.4 Å². The molecule has 29 heavy (non-hydrogen) atoms. The Labute approximate surface area is 177 Å². The van der Waals surface area contributed by atoms with Crippen LogP contribution in [0.2, 0.25) is 5.02 Å². The van der Waals surface area contributed by atoms with E-state index in [0.717, 1.165) is 17.2 Å². The molecule has 0 spiro atoms. The van der Waals surface area contributed by atoms with E-state index in [-0.39, 0.29) is 12.5 Å². The number of nitrogens with zero attached hydrogens (tertiary/aromatic N) is 1. The Morgan fingerprint density at radius 1 is 1.45 bits per heavy atom. The van der Waals surface area contributed by atoms with E-state index < -0.39 is 11.8 Å². The van der Waals surface area contributed by atoms with Crippen molar-refractivity contribution in [2.24, 2.45) is 11.7 Å². The van der Waals surface area contributed by atoms with Crippen molar-refractivity contribution in [3.63, 3.8) is 0 Å². The largest absolute Gasteiger partial charge is 0.493 e. The molecule has 2 aromatic rings. The fourth-order valence-corrected chi connectivity index (χ4v) is 3.29. The molecule has 0 aliphatic heterocycles. The number of primary amides is 1. The topological polar surface area (TPSA) is 104 Å². The first kappa shape index (κ1) is 21.1. The lowest BCUT2D eigenvalue weighted by Gasteiger charge is -2.08. The Morgan fingerprint density at radius 3 is 2.93 bits per heavy atom. The van der Waals surface area contributed by atoms with Crippen LogP contribution < -0.4 is 20.5 Å². The summed E-state index contributed by atoms with van der Waals surface area (Å²) in [5.41, 5.74) is 4.99. The van der Waals surface area contributed by atoms with Crippen molar-refractivity contribution in [1.29, 1.82) is 0 Å². The van der Waals surface area contributed by atoms with Crippen LogP contribution in [0.15, 0.2) is 30.5 Å². The van der Waals surface area contributed by atoms with Gasteiger partial charge in [-0.25, -0.2) is 4.98 Å². The Balaban J connectivity index is 1.52. The van der Waals surface area contributed by atoms with Crippen LogP contribution >= 0.6 is 22.9 Å². The first-order chi connectivity index (χ1) is 13.9. The lowest BCUT2D eigenvalue weighted by Crippen LogP contribution is -2.33. The Hall–Kier alpha value is -2.58. The fourth-order valence-electron chi connectivity index (χ4n) is 2.39. The Bertz CT molecular complexity index is 911. The normalized spacial score (nSPS) is 14.6. The van der Waals surface area contributed by atoms with E-state index in [0.29, 0.717) is 21.9 Å². The molecule has 1 aromatic heterocycles. The molecule has 1 atom stereocenters. The highest BCUT2D eigenvalue weighted by molar-refractivity contribution is 7.14. The number of nitrogens with one attached hydrogen (secondary N) is 1. The summed E-state index contributed by atoms with van der Waals surface area (Å²) in [6.45, 7) is 2.51. The minimum atomic E-state index is -0.663. The van der Waals surface area contributed by atoms with Crippen molar-refractivity contribution in [2.75, 3.05) is 6.61 Å². The number of halogens is 1. The number of carbonyl (C=O) groups excluding carboxylic acids is 2. The van der Waals surface area contributed by atoms with Crippen molar-refractivity contribution in [3.8, 4) is 16.7 Å². The highest BCUT2D eigenvalue weighted by atomic mass is 35.5. The molecular formula is C20H22ClN3O4S. The molecule has 3 N–H and O–H groups in total. The lowest BCUT2D eigenvalue weighted by atomic mass is 10.2. The van der Waals surface area contributed by atoms with Gasteiger partial charge in [-0.05, 0) is 43.9 Å². The number of amides is 2. The maximum Gasteiger partial charge on any atom is 0.279 e. The van der Waals surface area contributed by atoms with Crippen LogP contribution in [0.5, 0.6) is 16.7 Å². The van der Waals surface area contributed by atoms with Crippen LogP contribution in [0.4, 0.5) is 0 Å². The highest BCUT2D eigenvalue weighted by Gasteiger charge is 2.22. The molecule has 1 aliphatic rings. The average molecular weight is 436 g/mol. The third-order valence-electron chi connectivity index (χ3n) is 4.06. The van der Waals surface area contributed by atoms with Gasteiger partial charge >= 0.3 is 0 Å². The van der Waals surface area contributed by atoms with E-state index in [2.05, 4.69) is 10.3 Å². The van der Waals surface area contributed by atoms with Gasteiger partial charge in [0.1, 0.15) is 17.9 Å². The molecule has 0 unspecified atom stereocenters. The summed E-state index contributed by atoms with van der Waals surface area (Å²) < 4.78 is 11.5. The number of thiazole rings is 1. The molecule has 2 amide bonds. The number of hydrogen-bond donors (Lipinski definition) is 2. The summed E-state index contributed by atoms with van der Waals surface area (Å²) in [6, 6.07) is 5.07. The third-order valence-corrected chi connectivity index (χ3v) is 5.19. The van der Waals surface area contributed by atoms with Gasteiger partial charge in [-0.15, -0.1) is 0 Å². The van der Waals surface area contributed by atoms with Gasteiger partial charge in [0.25, 0.3) is 5.19 Å². The minimum Gasteiger partial charge on any atom is -0.493 e. The van der Waals surface area contributed by atoms with E-state index in [1.54, 1.807) is 31.3 Å². The molecule has 1 fully saturated rings. The molecular weight excluding hydrogens is 414 g/mol. The van der Waals surface area contributed by atoms with Gasteiger partial charge in [-0.1, -0.05) is 29.0 Å². The van der Waals surface area contributed by atoms with E-state index in [1.165, 1.54) is 24.2 Å². The quantitative estimate of drug-likeness (QED) is 0.553. The monoisotopic (exact) mass is 435 g/mol. The number of ether oxygens (including phenoxy) is 2. The second kappa shape index (κ2) is 9.76. The smallest absolute Gasteiger partial charge is 0.279 e. The van der Waals surface area contributed by atoms with Gasteiger partial charge in [0, 0.05) is 18.3 Å². The summed E-state index contributed by atoms with van der Waals surface area (Å²) in [6.07, 6.45) is 7.39. The van der Waals surface area contributed by atoms with Crippen LogP contribution in [0.1, 0.15) is 31.1 Å². The number of rotatable bonds is 10. The van der Waals surface area contributed by atoms with Crippen molar-refractivity contribution in [1.82, 2.24) is 10.3 Å². The maximum absolute atomic E-state index is 11.5. The average Bonchev–Trinajstić information content (AvgIpc) is 3.37. The molecule has 0 bridgehead atoms. The summed E-state index contributed by atoms with van der Waals surface area (Å²) in [5, 5.41) is 3.56. The van der Waals surface area contributed by atoms with Gasteiger partial charge in [-0.3, -0.25) is 9.59 Å². The van der Waals surface area contributed by atoms with E-state index in [4.69, 9.17) is 26.8 Å². The zero-order valence-electron chi connectivity index (χ0n) is 15.9. The van der Waals surface area contributed by atoms with Crippen LogP contribution in [-0.2, 0) is 9.59 Å². The number of aromatic nitrogens is 1. The van der Waals surface area contributed by atoms with Gasteiger partial charge < -0.3 is 20.5 Å². The summed E-state index contributed by atoms with van der Waals surface area (Å²) in [4.78, 5) is 27.3. The zero-order valence-corrected chi connectivity index (χ0v) is 17.5. The second-order valence-corrected chi connectivity index (χ2v) is 8.27. The van der Waals surface area contributed by atoms with Crippen molar-refractivity contribution in [3.05, 3.63) is 40.4 Å². The standard InChI is InChI=1S/C20H22ClN3O4S/c1-12(24-19(26)9-18(22)25)2-6-15-10-23-20(29-15)28-17-7-5-14(8-16(17)21)27-11-13-3-4-13/h2,5-8,10,12-13H,3-4,9,11H2,1H3,(H2,22,25)(H,24,26)/b6-2+/t12-/m0/s1. The van der Waals surface area contributed by atoms with E-state index in [9.17, 15) is 9.59 Å². The number of hydrogen-bond acceptors (Lipinski definition) is 6. The van der Waals surface area contributed by atoms with Crippen LogP contribution in [0.3, 0.4) is 0 Å². The minimum absolute atomic E-state index is 0.258. The fraction of sp³-hybridized carbons (Fsp3) is 0.350. The first-order valence-corrected chi connectivity index (χ1v) is 10.4. The predicted octanol–water partition coefficient (Wildman–Crippen LogP) is 3.77. The van der Waals surface area contributed by atoms with Crippen LogP contribution in [0, 0.1) is 5.92 Å². The number of benzene rings is 1. The van der Waals surface area contributed by atoms with Crippen LogP contribution in [0.25, 0.3) is 6.08 Å². The number of nitrogens with two attached hydrogens (primary N) is 1. The molecule has 1 saturated carbocycles.